The average molecular weight is 448 g/mol. The number of aryl methyl sites for hydroxylation is 4. The standard InChI is InChI=1S/C30H46BP/c1-6-7-19-28-20-9-11-22-31(28)21-10-8-12-23-32(29-24(2)15-13-16-25(29)3)30-26(4)17-14-18-27(30)5/h13-18,28H,6-12,19-23H2,1-5H3. The van der Waals surface area contributed by atoms with Gasteiger partial charge in [-0.3, -0.25) is 0 Å². The molecule has 1 unspecified atom stereocenters. The van der Waals surface area contributed by atoms with Crippen molar-refractivity contribution in [2.45, 2.75) is 111 Å². The molecule has 32 heavy (non-hydrogen) atoms. The number of hydrogen-bond acceptors (Lipinski definition) is 0. The van der Waals surface area contributed by atoms with Gasteiger partial charge in [0.1, 0.15) is 6.71 Å². The number of unbranched alkanes of at least 4 members (excludes halogenated alkanes) is 3. The lowest BCUT2D eigenvalue weighted by atomic mass is 9.33. The second kappa shape index (κ2) is 13.0. The Morgan fingerprint density at radius 1 is 0.781 bits per heavy atom. The lowest BCUT2D eigenvalue weighted by molar-refractivity contribution is 0.557. The smallest absolute Gasteiger partial charge is 0.0739 e. The summed E-state index contributed by atoms with van der Waals surface area (Å²) in [6, 6.07) is 13.8. The van der Waals surface area contributed by atoms with Crippen LogP contribution in [-0.2, 0) is 0 Å². The monoisotopic (exact) mass is 448 g/mol. The summed E-state index contributed by atoms with van der Waals surface area (Å²) in [7, 11) is -0.282. The van der Waals surface area contributed by atoms with Crippen molar-refractivity contribution in [2.24, 2.45) is 0 Å². The minimum absolute atomic E-state index is 0.282. The largest absolute Gasteiger partial charge is 0.143 e. The molecule has 0 radical (unpaired) electrons. The predicted molar refractivity (Wildman–Crippen MR) is 149 cm³/mol. The van der Waals surface area contributed by atoms with E-state index in [9.17, 15) is 0 Å². The topological polar surface area (TPSA) is 0 Å². The van der Waals surface area contributed by atoms with Crippen LogP contribution in [0.15, 0.2) is 36.4 Å². The van der Waals surface area contributed by atoms with Crippen LogP contribution in [0, 0.1) is 27.7 Å². The van der Waals surface area contributed by atoms with Gasteiger partial charge in [0.2, 0.25) is 0 Å². The highest BCUT2D eigenvalue weighted by Gasteiger charge is 2.27. The molecule has 1 aliphatic heterocycles. The van der Waals surface area contributed by atoms with E-state index in [1.165, 1.54) is 98.8 Å². The van der Waals surface area contributed by atoms with E-state index >= 15 is 0 Å². The summed E-state index contributed by atoms with van der Waals surface area (Å²) < 4.78 is 0. The molecule has 174 valence electrons. The van der Waals surface area contributed by atoms with Crippen molar-refractivity contribution in [1.82, 2.24) is 0 Å². The van der Waals surface area contributed by atoms with Crippen LogP contribution in [0.4, 0.5) is 0 Å². The highest BCUT2D eigenvalue weighted by Crippen LogP contribution is 2.40. The van der Waals surface area contributed by atoms with Gasteiger partial charge in [-0.05, 0) is 81.1 Å². The molecular weight excluding hydrogens is 402 g/mol. The summed E-state index contributed by atoms with van der Waals surface area (Å²) in [5, 5.41) is 3.29. The maximum absolute atomic E-state index is 2.35. The maximum atomic E-state index is 2.35. The van der Waals surface area contributed by atoms with Crippen molar-refractivity contribution in [3.8, 4) is 0 Å². The minimum Gasteiger partial charge on any atom is -0.0739 e. The molecule has 0 spiro atoms. The molecule has 3 rings (SSSR count). The number of hydrogen-bond donors (Lipinski definition) is 0. The molecule has 0 saturated carbocycles. The normalized spacial score (nSPS) is 16.7. The number of rotatable bonds is 11. The molecule has 0 aromatic heterocycles. The highest BCUT2D eigenvalue weighted by molar-refractivity contribution is 7.73. The first-order chi connectivity index (χ1) is 15.5. The zero-order valence-corrected chi connectivity index (χ0v) is 22.4. The third-order valence-electron chi connectivity index (χ3n) is 7.87. The third kappa shape index (κ3) is 6.73. The van der Waals surface area contributed by atoms with Crippen molar-refractivity contribution in [2.75, 3.05) is 6.16 Å². The van der Waals surface area contributed by atoms with Gasteiger partial charge in [-0.2, -0.15) is 0 Å². The Kier molecular flexibility index (Phi) is 10.4. The minimum atomic E-state index is -0.282. The Balaban J connectivity index is 1.64. The Morgan fingerprint density at radius 3 is 1.94 bits per heavy atom. The molecule has 0 N–H and O–H groups in total. The van der Waals surface area contributed by atoms with E-state index in [0.29, 0.717) is 0 Å². The van der Waals surface area contributed by atoms with E-state index in [1.54, 1.807) is 10.6 Å². The molecule has 2 heteroatoms. The molecular formula is C30H46BP. The second-order valence-corrected chi connectivity index (χ2v) is 12.6. The molecule has 0 nitrogen and oxygen atoms in total. The summed E-state index contributed by atoms with van der Waals surface area (Å²) >= 11 is 0. The van der Waals surface area contributed by atoms with Gasteiger partial charge >= 0.3 is 0 Å². The fraction of sp³-hybridized carbons (Fsp3) is 0.600. The summed E-state index contributed by atoms with van der Waals surface area (Å²) in [4.78, 5) is 0. The van der Waals surface area contributed by atoms with Crippen molar-refractivity contribution < 1.29 is 0 Å². The molecule has 1 aliphatic rings. The summed E-state index contributed by atoms with van der Waals surface area (Å²) in [5.74, 6) is 1.03. The Morgan fingerprint density at radius 2 is 1.38 bits per heavy atom. The molecule has 0 aliphatic carbocycles. The molecule has 1 atom stereocenters. The van der Waals surface area contributed by atoms with Crippen molar-refractivity contribution in [1.29, 1.82) is 0 Å². The summed E-state index contributed by atoms with van der Waals surface area (Å²) in [5.41, 5.74) is 5.94. The van der Waals surface area contributed by atoms with Gasteiger partial charge in [-0.1, -0.05) is 113 Å². The van der Waals surface area contributed by atoms with Gasteiger partial charge in [-0.25, -0.2) is 0 Å². The predicted octanol–water partition coefficient (Wildman–Crippen LogP) is 8.76. The first-order valence-corrected chi connectivity index (χ1v) is 15.0. The van der Waals surface area contributed by atoms with Crippen molar-refractivity contribution >= 4 is 25.2 Å². The summed E-state index contributed by atoms with van der Waals surface area (Å²) in [6.07, 6.45) is 17.3. The second-order valence-electron chi connectivity index (χ2n) is 10.4. The van der Waals surface area contributed by atoms with Crippen LogP contribution < -0.4 is 10.6 Å². The Bertz CT molecular complexity index is 751. The van der Waals surface area contributed by atoms with Crippen LogP contribution in [-0.4, -0.2) is 12.9 Å². The van der Waals surface area contributed by atoms with Crippen molar-refractivity contribution in [3.63, 3.8) is 0 Å². The molecule has 2 aromatic carbocycles. The lowest BCUT2D eigenvalue weighted by Crippen LogP contribution is -2.24. The van der Waals surface area contributed by atoms with Crippen LogP contribution in [0.25, 0.3) is 0 Å². The van der Waals surface area contributed by atoms with E-state index in [1.807, 2.05) is 0 Å². The molecule has 0 amide bonds. The van der Waals surface area contributed by atoms with E-state index in [-0.39, 0.29) is 7.92 Å². The van der Waals surface area contributed by atoms with E-state index in [2.05, 4.69) is 71.0 Å². The van der Waals surface area contributed by atoms with Crippen LogP contribution in [0.5, 0.6) is 0 Å². The first kappa shape index (κ1) is 25.6. The van der Waals surface area contributed by atoms with E-state index in [0.717, 1.165) is 12.5 Å². The van der Waals surface area contributed by atoms with Crippen molar-refractivity contribution in [3.05, 3.63) is 58.7 Å². The van der Waals surface area contributed by atoms with Crippen LogP contribution in [0.1, 0.15) is 87.0 Å². The van der Waals surface area contributed by atoms with Crippen LogP contribution in [0.3, 0.4) is 0 Å². The van der Waals surface area contributed by atoms with Gasteiger partial charge in [-0.15, -0.1) is 0 Å². The molecule has 0 bridgehead atoms. The molecule has 2 aromatic rings. The zero-order chi connectivity index (χ0) is 22.9. The van der Waals surface area contributed by atoms with Gasteiger partial charge in [0.25, 0.3) is 0 Å². The van der Waals surface area contributed by atoms with Gasteiger partial charge < -0.3 is 0 Å². The molecule has 1 fully saturated rings. The van der Waals surface area contributed by atoms with E-state index in [4.69, 9.17) is 0 Å². The first-order valence-electron chi connectivity index (χ1n) is 13.4. The Labute approximate surface area is 200 Å². The Hall–Kier alpha value is -1.07. The number of benzene rings is 2. The quantitative estimate of drug-likeness (QED) is 0.183. The summed E-state index contributed by atoms with van der Waals surface area (Å²) in [6.45, 7) is 12.7. The van der Waals surface area contributed by atoms with E-state index < -0.39 is 0 Å². The fourth-order valence-electron chi connectivity index (χ4n) is 6.16. The average Bonchev–Trinajstić information content (AvgIpc) is 2.77. The van der Waals surface area contributed by atoms with Crippen LogP contribution >= 0.6 is 7.92 Å². The maximum Gasteiger partial charge on any atom is 0.143 e. The van der Waals surface area contributed by atoms with Gasteiger partial charge in [0, 0.05) is 0 Å². The highest BCUT2D eigenvalue weighted by atomic mass is 31.1. The van der Waals surface area contributed by atoms with Gasteiger partial charge in [0.05, 0.1) is 0 Å². The van der Waals surface area contributed by atoms with Crippen LogP contribution in [0.2, 0.25) is 18.5 Å². The van der Waals surface area contributed by atoms with Gasteiger partial charge in [0.15, 0.2) is 0 Å². The SMILES string of the molecule is CCCCC1CCCCB1CCCCCP(c1c(C)cccc1C)c1c(C)cccc1C. The zero-order valence-electron chi connectivity index (χ0n) is 21.6. The lowest BCUT2D eigenvalue weighted by Gasteiger charge is -2.29. The molecule has 1 heterocycles. The molecule has 1 saturated heterocycles. The third-order valence-corrected chi connectivity index (χ3v) is 11.1. The fourth-order valence-corrected chi connectivity index (χ4v) is 9.37.